The van der Waals surface area contributed by atoms with Gasteiger partial charge < -0.3 is 9.41 Å². The Bertz CT molecular complexity index is 2080. The predicted octanol–water partition coefficient (Wildman–Crippen LogP) is 4.25. The largest absolute Gasteiger partial charge is 1.00 e. The second-order valence-electron chi connectivity index (χ2n) is 13.4. The van der Waals surface area contributed by atoms with Gasteiger partial charge in [0.05, 0.1) is 0 Å². The number of hydrogen-bond acceptors (Lipinski definition) is 0. The van der Waals surface area contributed by atoms with Crippen LogP contribution in [0, 0.1) is 0 Å². The van der Waals surface area contributed by atoms with Crippen molar-refractivity contribution < 1.29 is 32.3 Å². The Balaban J connectivity index is 0.00000162. The molecule has 2 atom stereocenters. The second kappa shape index (κ2) is 12.0. The molecule has 5 heteroatoms. The van der Waals surface area contributed by atoms with Gasteiger partial charge in [0.15, 0.2) is 0 Å². The molecule has 0 N–H and O–H groups in total. The minimum Gasteiger partial charge on any atom is -1.00 e. The van der Waals surface area contributed by atoms with Crippen LogP contribution >= 0.6 is 0 Å². The average molecular weight is 785 g/mol. The van der Waals surface area contributed by atoms with Crippen LogP contribution in [0.5, 0.6) is 0 Å². The van der Waals surface area contributed by atoms with Gasteiger partial charge in [-0.25, -0.2) is 0 Å². The van der Waals surface area contributed by atoms with Gasteiger partial charge in [0.1, 0.15) is 0 Å². The van der Waals surface area contributed by atoms with Crippen molar-refractivity contribution in [2.75, 3.05) is 0 Å². The first kappa shape index (κ1) is 30.5. The van der Waals surface area contributed by atoms with E-state index in [2.05, 4.69) is 118 Å². The van der Waals surface area contributed by atoms with Crippen molar-refractivity contribution in [1.82, 2.24) is 9.13 Å². The fourth-order valence-corrected chi connectivity index (χ4v) is 16.2. The Kier molecular flexibility index (Phi) is 7.79. The van der Waals surface area contributed by atoms with Gasteiger partial charge in [-0.3, -0.25) is 0 Å². The van der Waals surface area contributed by atoms with Crippen molar-refractivity contribution in [1.29, 1.82) is 0 Å². The summed E-state index contributed by atoms with van der Waals surface area (Å²) in [4.78, 5) is 0. The summed E-state index contributed by atoms with van der Waals surface area (Å²) in [5, 5.41) is 2.96. The summed E-state index contributed by atoms with van der Waals surface area (Å²) in [7, 11) is 0. The first-order valence-electron chi connectivity index (χ1n) is 17.0. The van der Waals surface area contributed by atoms with Crippen LogP contribution in [0.3, 0.4) is 0 Å². The third kappa shape index (κ3) is 4.56. The molecule has 0 spiro atoms. The van der Waals surface area contributed by atoms with Crippen molar-refractivity contribution in [3.05, 3.63) is 142 Å². The van der Waals surface area contributed by atoms with E-state index in [0.717, 1.165) is 0 Å². The van der Waals surface area contributed by atoms with Gasteiger partial charge in [-0.15, -0.1) is 0 Å². The van der Waals surface area contributed by atoms with E-state index >= 15 is 0 Å². The van der Waals surface area contributed by atoms with Crippen LogP contribution < -0.4 is 9.41 Å². The molecule has 4 aliphatic rings. The molecule has 0 aliphatic heterocycles. The molecule has 2 heterocycles. The zero-order valence-corrected chi connectivity index (χ0v) is 29.9. The predicted molar refractivity (Wildman–Crippen MR) is 184 cm³/mol. The van der Waals surface area contributed by atoms with E-state index in [1.54, 1.807) is 45.0 Å². The Hall–Kier alpha value is -3.83. The maximum absolute atomic E-state index is 2.75. The summed E-state index contributed by atoms with van der Waals surface area (Å²) in [5.41, 5.74) is 18.4. The molecule has 2 unspecified atom stereocenters. The standard InChI is InChI=1S/2C21H18N.2FH.Hf/c2*1-2-8-16-14-17(13-15(16)7-1)22-20-11-5-3-9-18(20)19-10-4-6-12-21(19)22;;;/h2*1-3,5,7-9,11,13-14H,4,6,10,12H2;2*1H;/q;;;;+2/p-2. The maximum atomic E-state index is 2.75. The Labute approximate surface area is 285 Å². The van der Waals surface area contributed by atoms with E-state index in [1.165, 1.54) is 84.3 Å². The molecule has 0 bridgehead atoms. The Morgan fingerprint density at radius 2 is 0.872 bits per heavy atom. The number of aryl methyl sites for hydroxylation is 2. The molecule has 4 aliphatic carbocycles. The van der Waals surface area contributed by atoms with Gasteiger partial charge in [0.2, 0.25) is 0 Å². The van der Waals surface area contributed by atoms with E-state index in [-0.39, 0.29) is 9.41 Å². The second-order valence-corrected chi connectivity index (χ2v) is 18.7. The molecule has 6 aromatic rings. The maximum Gasteiger partial charge on any atom is -1.00 e. The summed E-state index contributed by atoms with van der Waals surface area (Å²) in [6, 6.07) is 37.2. The molecule has 2 nitrogen and oxygen atoms in total. The van der Waals surface area contributed by atoms with Crippen molar-refractivity contribution in [2.24, 2.45) is 0 Å². The van der Waals surface area contributed by atoms with Crippen LogP contribution in [0.25, 0.3) is 45.4 Å². The summed E-state index contributed by atoms with van der Waals surface area (Å²) >= 11 is -1.48. The van der Waals surface area contributed by atoms with Crippen molar-refractivity contribution in [3.63, 3.8) is 0 Å². The SMILES string of the molecule is C1=C(n2c3c(c4ccccc42)CCCC3)[CH]([Hf+2][CH]2C(n3c4c(c5ccccc53)CCCC4)=Cc3ccccc32)c2ccccc21.[F-].[F-]. The van der Waals surface area contributed by atoms with Crippen molar-refractivity contribution >= 4 is 45.4 Å². The molecule has 47 heavy (non-hydrogen) atoms. The average Bonchev–Trinajstić information content (AvgIpc) is 3.83. The van der Waals surface area contributed by atoms with Crippen LogP contribution in [-0.2, 0) is 48.6 Å². The molecule has 10 rings (SSSR count). The van der Waals surface area contributed by atoms with Crippen LogP contribution in [0.1, 0.15) is 77.8 Å². The van der Waals surface area contributed by atoms with E-state index < -0.39 is 22.9 Å². The fraction of sp³-hybridized carbons (Fsp3) is 0.238. The molecule has 0 amide bonds. The van der Waals surface area contributed by atoms with Crippen molar-refractivity contribution in [3.8, 4) is 0 Å². The van der Waals surface area contributed by atoms with Crippen LogP contribution in [-0.4, -0.2) is 9.13 Å². The Morgan fingerprint density at radius 1 is 0.468 bits per heavy atom. The number of halogens is 2. The van der Waals surface area contributed by atoms with E-state index in [1.807, 2.05) is 0 Å². The fourth-order valence-electron chi connectivity index (χ4n) is 9.10. The molecule has 0 saturated carbocycles. The topological polar surface area (TPSA) is 9.86 Å². The minimum absolute atomic E-state index is 0. The smallest absolute Gasteiger partial charge is 1.00 e. The summed E-state index contributed by atoms with van der Waals surface area (Å²) in [6.07, 6.45) is 15.2. The molecule has 0 fully saturated rings. The number of nitrogens with zero attached hydrogens (tertiary/aromatic N) is 2. The van der Waals surface area contributed by atoms with E-state index in [9.17, 15) is 0 Å². The monoisotopic (exact) mass is 786 g/mol. The normalized spacial score (nSPS) is 19.1. The van der Waals surface area contributed by atoms with Gasteiger partial charge in [-0.2, -0.15) is 0 Å². The van der Waals surface area contributed by atoms with Gasteiger partial charge in [-0.1, -0.05) is 0 Å². The number of hydrogen-bond donors (Lipinski definition) is 0. The first-order valence-corrected chi connectivity index (χ1v) is 21.1. The number of benzene rings is 4. The molecular weight excluding hydrogens is 749 g/mol. The number of aromatic nitrogens is 2. The minimum atomic E-state index is -1.48. The summed E-state index contributed by atoms with van der Waals surface area (Å²) in [5.74, 6) is 0. The number of fused-ring (bicyclic) bond motifs is 8. The zero-order chi connectivity index (χ0) is 29.5. The quantitative estimate of drug-likeness (QED) is 0.237. The molecule has 0 saturated heterocycles. The molecule has 0 radical (unpaired) electrons. The van der Waals surface area contributed by atoms with Crippen LogP contribution in [0.15, 0.2) is 97.1 Å². The van der Waals surface area contributed by atoms with Gasteiger partial charge in [0, 0.05) is 0 Å². The number of rotatable bonds is 4. The molecule has 4 aromatic carbocycles. The first-order chi connectivity index (χ1) is 22.3. The van der Waals surface area contributed by atoms with Gasteiger partial charge in [-0.05, 0) is 0 Å². The Morgan fingerprint density at radius 3 is 1.36 bits per heavy atom. The van der Waals surface area contributed by atoms with E-state index in [4.69, 9.17) is 0 Å². The number of allylic oxidation sites excluding steroid dienone is 2. The van der Waals surface area contributed by atoms with Crippen molar-refractivity contribution in [2.45, 2.75) is 58.7 Å². The molecule has 2 aromatic heterocycles. The summed E-state index contributed by atoms with van der Waals surface area (Å²) in [6.45, 7) is 0. The zero-order valence-electron chi connectivity index (χ0n) is 26.4. The van der Waals surface area contributed by atoms with Crippen LogP contribution in [0.2, 0.25) is 0 Å². The molecule has 232 valence electrons. The third-order valence-electron chi connectivity index (χ3n) is 11.0. The van der Waals surface area contributed by atoms with Crippen LogP contribution in [0.4, 0.5) is 0 Å². The van der Waals surface area contributed by atoms with Gasteiger partial charge in [0.25, 0.3) is 0 Å². The van der Waals surface area contributed by atoms with E-state index in [0.29, 0.717) is 7.35 Å². The summed E-state index contributed by atoms with van der Waals surface area (Å²) < 4.78 is 6.53. The third-order valence-corrected chi connectivity index (χ3v) is 17.8. The molecular formula is C42H36F2HfN2. The number of para-hydroxylation sites is 2. The van der Waals surface area contributed by atoms with Gasteiger partial charge >= 0.3 is 278 Å².